The van der Waals surface area contributed by atoms with E-state index in [-0.39, 0.29) is 12.0 Å². The van der Waals surface area contributed by atoms with Gasteiger partial charge in [0.1, 0.15) is 6.61 Å². The predicted octanol–water partition coefficient (Wildman–Crippen LogP) is 1.15. The van der Waals surface area contributed by atoms with Crippen LogP contribution >= 0.6 is 0 Å². The molecule has 96 valence electrons. The summed E-state index contributed by atoms with van der Waals surface area (Å²) in [5.74, 6) is -0.0569. The Kier molecular flexibility index (Phi) is 4.17. The minimum atomic E-state index is -0.328. The number of ether oxygens (including phenoxy) is 1. The van der Waals surface area contributed by atoms with Gasteiger partial charge in [-0.15, -0.1) is 0 Å². The first-order valence-corrected chi connectivity index (χ1v) is 5.98. The minimum absolute atomic E-state index is 0.0569. The van der Waals surface area contributed by atoms with E-state index in [9.17, 15) is 9.59 Å². The predicted molar refractivity (Wildman–Crippen MR) is 65.8 cm³/mol. The van der Waals surface area contributed by atoms with Crippen LogP contribution in [0, 0.1) is 0 Å². The average molecular weight is 248 g/mol. The number of carbonyl (C=O) groups is 2. The highest BCUT2D eigenvalue weighted by Crippen LogP contribution is 2.04. The molecule has 5 nitrogen and oxygen atoms in total. The van der Waals surface area contributed by atoms with E-state index in [2.05, 4.69) is 5.32 Å². The van der Waals surface area contributed by atoms with Gasteiger partial charge in [0.2, 0.25) is 5.91 Å². The maximum Gasteiger partial charge on any atom is 0.409 e. The van der Waals surface area contributed by atoms with Crippen molar-refractivity contribution in [2.45, 2.75) is 13.0 Å². The fraction of sp³-hybridized carbons (Fsp3) is 0.385. The first-order valence-electron chi connectivity index (χ1n) is 5.98. The summed E-state index contributed by atoms with van der Waals surface area (Å²) in [6, 6.07) is 9.71. The van der Waals surface area contributed by atoms with E-state index in [4.69, 9.17) is 4.74 Å². The van der Waals surface area contributed by atoms with Crippen molar-refractivity contribution in [2.75, 3.05) is 19.7 Å². The topological polar surface area (TPSA) is 58.6 Å². The first kappa shape index (κ1) is 12.4. The van der Waals surface area contributed by atoms with Crippen LogP contribution in [-0.2, 0) is 16.1 Å². The number of hydrogen-bond acceptors (Lipinski definition) is 3. The molecule has 0 radical (unpaired) electrons. The molecule has 18 heavy (non-hydrogen) atoms. The molecule has 0 unspecified atom stereocenters. The molecule has 0 bridgehead atoms. The maximum atomic E-state index is 11.6. The summed E-state index contributed by atoms with van der Waals surface area (Å²) in [5.41, 5.74) is 1.06. The molecule has 5 heteroatoms. The second kappa shape index (κ2) is 6.05. The van der Waals surface area contributed by atoms with Gasteiger partial charge >= 0.3 is 6.09 Å². The molecule has 1 saturated heterocycles. The molecule has 1 fully saturated rings. The maximum absolute atomic E-state index is 11.6. The molecule has 1 heterocycles. The summed E-state index contributed by atoms with van der Waals surface area (Å²) in [5, 5.41) is 2.82. The number of nitrogens with one attached hydrogen (secondary N) is 1. The van der Waals surface area contributed by atoms with E-state index in [0.717, 1.165) is 5.56 Å². The fourth-order valence-corrected chi connectivity index (χ4v) is 1.75. The number of cyclic esters (lactones) is 1. The van der Waals surface area contributed by atoms with E-state index < -0.39 is 0 Å². The molecule has 1 aliphatic rings. The average Bonchev–Trinajstić information content (AvgIpc) is 2.81. The van der Waals surface area contributed by atoms with Crippen LogP contribution in [-0.4, -0.2) is 36.6 Å². The van der Waals surface area contributed by atoms with Crippen LogP contribution in [0.4, 0.5) is 4.79 Å². The van der Waals surface area contributed by atoms with Crippen LogP contribution in [0.2, 0.25) is 0 Å². The third-order valence-electron chi connectivity index (χ3n) is 2.79. The molecule has 1 N–H and O–H groups in total. The molecule has 1 aromatic rings. The summed E-state index contributed by atoms with van der Waals surface area (Å²) >= 11 is 0. The number of nitrogens with zero attached hydrogens (tertiary/aromatic N) is 1. The highest BCUT2D eigenvalue weighted by Gasteiger charge is 2.21. The van der Waals surface area contributed by atoms with Crippen LogP contribution in [0.1, 0.15) is 12.0 Å². The van der Waals surface area contributed by atoms with Gasteiger partial charge < -0.3 is 15.0 Å². The Morgan fingerprint density at radius 3 is 2.78 bits per heavy atom. The lowest BCUT2D eigenvalue weighted by Crippen LogP contribution is -2.31. The molecule has 2 rings (SSSR count). The SMILES string of the molecule is O=C(CCN1CCOC1=O)NCc1ccccc1. The molecule has 0 atom stereocenters. The lowest BCUT2D eigenvalue weighted by molar-refractivity contribution is -0.121. The number of amides is 2. The van der Waals surface area contributed by atoms with Gasteiger partial charge in [-0.3, -0.25) is 4.79 Å². The summed E-state index contributed by atoms with van der Waals surface area (Å²) in [4.78, 5) is 24.3. The third kappa shape index (κ3) is 3.48. The van der Waals surface area contributed by atoms with Crippen molar-refractivity contribution in [1.29, 1.82) is 0 Å². The monoisotopic (exact) mass is 248 g/mol. The minimum Gasteiger partial charge on any atom is -0.448 e. The second-order valence-corrected chi connectivity index (χ2v) is 4.11. The van der Waals surface area contributed by atoms with Gasteiger partial charge in [0.25, 0.3) is 0 Å². The normalized spacial score (nSPS) is 14.4. The van der Waals surface area contributed by atoms with Crippen LogP contribution in [0.15, 0.2) is 30.3 Å². The fourth-order valence-electron chi connectivity index (χ4n) is 1.75. The Morgan fingerprint density at radius 1 is 1.33 bits per heavy atom. The second-order valence-electron chi connectivity index (χ2n) is 4.11. The highest BCUT2D eigenvalue weighted by molar-refractivity contribution is 5.77. The third-order valence-corrected chi connectivity index (χ3v) is 2.79. The first-order chi connectivity index (χ1) is 8.75. The van der Waals surface area contributed by atoms with Gasteiger partial charge in [0, 0.05) is 19.5 Å². The zero-order valence-corrected chi connectivity index (χ0v) is 10.1. The van der Waals surface area contributed by atoms with E-state index in [1.54, 1.807) is 4.90 Å². The number of hydrogen-bond donors (Lipinski definition) is 1. The Bertz CT molecular complexity index is 420. The standard InChI is InChI=1S/C13H16N2O3/c16-12(6-7-15-8-9-18-13(15)17)14-10-11-4-2-1-3-5-11/h1-5H,6-10H2,(H,14,16). The molecule has 1 aliphatic heterocycles. The molecular formula is C13H16N2O3. The van der Waals surface area contributed by atoms with E-state index in [0.29, 0.717) is 32.7 Å². The van der Waals surface area contributed by atoms with E-state index in [1.807, 2.05) is 30.3 Å². The van der Waals surface area contributed by atoms with Crippen molar-refractivity contribution in [2.24, 2.45) is 0 Å². The van der Waals surface area contributed by atoms with Crippen molar-refractivity contribution >= 4 is 12.0 Å². The molecular weight excluding hydrogens is 232 g/mol. The Balaban J connectivity index is 1.68. The lowest BCUT2D eigenvalue weighted by Gasteiger charge is -2.12. The number of rotatable bonds is 5. The van der Waals surface area contributed by atoms with Gasteiger partial charge in [-0.1, -0.05) is 30.3 Å². The molecule has 0 aliphatic carbocycles. The zero-order valence-electron chi connectivity index (χ0n) is 10.1. The quantitative estimate of drug-likeness (QED) is 0.850. The summed E-state index contributed by atoms with van der Waals surface area (Å²) in [6.07, 6.45) is -0.0204. The van der Waals surface area contributed by atoms with Crippen LogP contribution < -0.4 is 5.32 Å². The molecule has 0 spiro atoms. The molecule has 0 aromatic heterocycles. The smallest absolute Gasteiger partial charge is 0.409 e. The van der Waals surface area contributed by atoms with E-state index in [1.165, 1.54) is 0 Å². The number of carbonyl (C=O) groups excluding carboxylic acids is 2. The van der Waals surface area contributed by atoms with E-state index >= 15 is 0 Å². The molecule has 1 aromatic carbocycles. The van der Waals surface area contributed by atoms with Crippen LogP contribution in [0.5, 0.6) is 0 Å². The molecule has 2 amide bonds. The Morgan fingerprint density at radius 2 is 2.11 bits per heavy atom. The van der Waals surface area contributed by atoms with Crippen molar-refractivity contribution in [1.82, 2.24) is 10.2 Å². The van der Waals surface area contributed by atoms with Crippen molar-refractivity contribution < 1.29 is 14.3 Å². The summed E-state index contributed by atoms with van der Waals surface area (Å²) in [7, 11) is 0. The van der Waals surface area contributed by atoms with Gasteiger partial charge in [-0.25, -0.2) is 4.79 Å². The molecule has 0 saturated carbocycles. The largest absolute Gasteiger partial charge is 0.448 e. The van der Waals surface area contributed by atoms with Gasteiger partial charge in [-0.05, 0) is 5.56 Å². The van der Waals surface area contributed by atoms with Crippen molar-refractivity contribution in [3.8, 4) is 0 Å². The summed E-state index contributed by atoms with van der Waals surface area (Å²) in [6.45, 7) is 1.93. The van der Waals surface area contributed by atoms with Crippen molar-refractivity contribution in [3.05, 3.63) is 35.9 Å². The van der Waals surface area contributed by atoms with Crippen LogP contribution in [0.25, 0.3) is 0 Å². The van der Waals surface area contributed by atoms with Gasteiger partial charge in [-0.2, -0.15) is 0 Å². The highest BCUT2D eigenvalue weighted by atomic mass is 16.6. The Labute approximate surface area is 106 Å². The summed E-state index contributed by atoms with van der Waals surface area (Å²) < 4.78 is 4.78. The number of benzene rings is 1. The van der Waals surface area contributed by atoms with Crippen LogP contribution in [0.3, 0.4) is 0 Å². The van der Waals surface area contributed by atoms with Crippen molar-refractivity contribution in [3.63, 3.8) is 0 Å². The lowest BCUT2D eigenvalue weighted by atomic mass is 10.2. The van der Waals surface area contributed by atoms with Gasteiger partial charge in [0.15, 0.2) is 0 Å². The Hall–Kier alpha value is -2.04. The van der Waals surface area contributed by atoms with Gasteiger partial charge in [0.05, 0.1) is 6.54 Å². The zero-order chi connectivity index (χ0) is 12.8.